The van der Waals surface area contributed by atoms with E-state index in [1.807, 2.05) is 12.2 Å². The van der Waals surface area contributed by atoms with Gasteiger partial charge in [0.15, 0.2) is 0 Å². The van der Waals surface area contributed by atoms with Crippen LogP contribution in [0.5, 0.6) is 0 Å². The van der Waals surface area contributed by atoms with Gasteiger partial charge in [0.25, 0.3) is 0 Å². The molecule has 4 heteroatoms. The molecular formula is C19H28N2O2. The summed E-state index contributed by atoms with van der Waals surface area (Å²) in [5, 5.41) is 6.12. The van der Waals surface area contributed by atoms with Crippen molar-refractivity contribution < 1.29 is 9.59 Å². The molecule has 2 N–H and O–H groups in total. The van der Waals surface area contributed by atoms with Crippen molar-refractivity contribution in [1.29, 1.82) is 0 Å². The summed E-state index contributed by atoms with van der Waals surface area (Å²) in [4.78, 5) is 24.8. The zero-order valence-corrected chi connectivity index (χ0v) is 13.9. The molecule has 0 saturated heterocycles. The van der Waals surface area contributed by atoms with Gasteiger partial charge in [-0.1, -0.05) is 44.6 Å². The molecule has 4 nitrogen and oxygen atoms in total. The highest BCUT2D eigenvalue weighted by Gasteiger charge is 2.25. The summed E-state index contributed by atoms with van der Waals surface area (Å²) in [5.74, 6) is 0.538. The predicted octanol–water partition coefficient (Wildman–Crippen LogP) is 3.55. The van der Waals surface area contributed by atoms with Gasteiger partial charge in [-0.15, -0.1) is 0 Å². The van der Waals surface area contributed by atoms with Gasteiger partial charge in [-0.25, -0.2) is 0 Å². The highest BCUT2D eigenvalue weighted by molar-refractivity contribution is 5.83. The maximum atomic E-state index is 12.4. The van der Waals surface area contributed by atoms with Gasteiger partial charge in [-0.2, -0.15) is 0 Å². The minimum absolute atomic E-state index is 0.121. The number of carbonyl (C=O) groups is 2. The standard InChI is InChI=1S/C19H28N2O2/c22-18(14-8-3-1-4-9-14)20-16-12-7-13-17(16)21-19(23)15-10-5-2-6-11-15/h7,12,14-15H,1-6,8-11,13H2,(H,20,22)(H,21,23). The second kappa shape index (κ2) is 7.80. The van der Waals surface area contributed by atoms with E-state index in [4.69, 9.17) is 0 Å². The zero-order chi connectivity index (χ0) is 16.1. The second-order valence-corrected chi connectivity index (χ2v) is 7.15. The van der Waals surface area contributed by atoms with Crippen molar-refractivity contribution in [1.82, 2.24) is 10.6 Å². The first-order chi connectivity index (χ1) is 11.2. The normalized spacial score (nSPS) is 23.1. The number of rotatable bonds is 4. The molecule has 0 atom stereocenters. The number of allylic oxidation sites excluding steroid dienone is 2. The van der Waals surface area contributed by atoms with Gasteiger partial charge in [-0.3, -0.25) is 9.59 Å². The number of hydrogen-bond acceptors (Lipinski definition) is 2. The molecule has 3 rings (SSSR count). The average Bonchev–Trinajstić information content (AvgIpc) is 3.03. The molecule has 0 bridgehead atoms. The Morgan fingerprint density at radius 3 is 1.87 bits per heavy atom. The third kappa shape index (κ3) is 4.24. The van der Waals surface area contributed by atoms with E-state index in [0.717, 1.165) is 62.8 Å². The molecule has 3 aliphatic carbocycles. The van der Waals surface area contributed by atoms with E-state index in [9.17, 15) is 9.59 Å². The van der Waals surface area contributed by atoms with Crippen molar-refractivity contribution in [2.45, 2.75) is 70.6 Å². The number of nitrogens with one attached hydrogen (secondary N) is 2. The van der Waals surface area contributed by atoms with Crippen molar-refractivity contribution in [3.63, 3.8) is 0 Å². The summed E-state index contributed by atoms with van der Waals surface area (Å²) in [6, 6.07) is 0. The van der Waals surface area contributed by atoms with Crippen molar-refractivity contribution in [3.8, 4) is 0 Å². The topological polar surface area (TPSA) is 58.2 Å². The largest absolute Gasteiger partial charge is 0.327 e. The van der Waals surface area contributed by atoms with Gasteiger partial charge in [0, 0.05) is 24.0 Å². The maximum Gasteiger partial charge on any atom is 0.227 e. The van der Waals surface area contributed by atoms with Gasteiger partial charge in [0.1, 0.15) is 0 Å². The zero-order valence-electron chi connectivity index (χ0n) is 13.9. The summed E-state index contributed by atoms with van der Waals surface area (Å²) in [5.41, 5.74) is 1.66. The van der Waals surface area contributed by atoms with Crippen LogP contribution in [0, 0.1) is 11.8 Å². The molecule has 0 radical (unpaired) electrons. The Kier molecular flexibility index (Phi) is 5.52. The molecule has 0 spiro atoms. The summed E-state index contributed by atoms with van der Waals surface area (Å²) in [6.45, 7) is 0. The molecule has 2 amide bonds. The van der Waals surface area contributed by atoms with Crippen LogP contribution in [0.2, 0.25) is 0 Å². The maximum absolute atomic E-state index is 12.4. The van der Waals surface area contributed by atoms with Crippen LogP contribution in [-0.4, -0.2) is 11.8 Å². The molecule has 2 saturated carbocycles. The fourth-order valence-electron chi connectivity index (χ4n) is 3.96. The Hall–Kier alpha value is -1.58. The molecule has 0 aromatic rings. The quantitative estimate of drug-likeness (QED) is 0.833. The molecule has 0 aromatic heterocycles. The second-order valence-electron chi connectivity index (χ2n) is 7.15. The van der Waals surface area contributed by atoms with Crippen molar-refractivity contribution >= 4 is 11.8 Å². The van der Waals surface area contributed by atoms with Crippen molar-refractivity contribution in [2.24, 2.45) is 11.8 Å². The Balaban J connectivity index is 1.57. The Labute approximate surface area is 138 Å². The summed E-state index contributed by atoms with van der Waals surface area (Å²) in [7, 11) is 0. The van der Waals surface area contributed by atoms with Crippen molar-refractivity contribution in [2.75, 3.05) is 0 Å². The summed E-state index contributed by atoms with van der Waals surface area (Å²) < 4.78 is 0. The third-order valence-electron chi connectivity index (χ3n) is 5.42. The average molecular weight is 316 g/mol. The molecular weight excluding hydrogens is 288 g/mol. The molecule has 0 aromatic carbocycles. The number of carbonyl (C=O) groups excluding carboxylic acids is 2. The minimum atomic E-state index is 0.121. The fourth-order valence-corrected chi connectivity index (χ4v) is 3.96. The first-order valence-corrected chi connectivity index (χ1v) is 9.25. The highest BCUT2D eigenvalue weighted by atomic mass is 16.2. The van der Waals surface area contributed by atoms with E-state index < -0.39 is 0 Å². The van der Waals surface area contributed by atoms with E-state index in [1.54, 1.807) is 0 Å². The molecule has 2 fully saturated rings. The molecule has 0 aliphatic heterocycles. The summed E-state index contributed by atoms with van der Waals surface area (Å²) >= 11 is 0. The first kappa shape index (κ1) is 16.3. The van der Waals surface area contributed by atoms with Crippen LogP contribution in [0.4, 0.5) is 0 Å². The van der Waals surface area contributed by atoms with Crippen LogP contribution in [0.3, 0.4) is 0 Å². The van der Waals surface area contributed by atoms with E-state index in [0.29, 0.717) is 6.42 Å². The third-order valence-corrected chi connectivity index (χ3v) is 5.42. The van der Waals surface area contributed by atoms with E-state index >= 15 is 0 Å². The minimum Gasteiger partial charge on any atom is -0.327 e. The smallest absolute Gasteiger partial charge is 0.227 e. The number of hydrogen-bond donors (Lipinski definition) is 2. The lowest BCUT2D eigenvalue weighted by Crippen LogP contribution is -2.35. The van der Waals surface area contributed by atoms with Crippen LogP contribution in [0.25, 0.3) is 0 Å². The lowest BCUT2D eigenvalue weighted by Gasteiger charge is -2.23. The molecule has 126 valence electrons. The molecule has 3 aliphatic rings. The lowest BCUT2D eigenvalue weighted by atomic mass is 9.88. The Bertz CT molecular complexity index is 509. The summed E-state index contributed by atoms with van der Waals surface area (Å²) in [6.07, 6.45) is 15.7. The monoisotopic (exact) mass is 316 g/mol. The highest BCUT2D eigenvalue weighted by Crippen LogP contribution is 2.26. The van der Waals surface area contributed by atoms with Gasteiger partial charge in [-0.05, 0) is 31.8 Å². The van der Waals surface area contributed by atoms with Gasteiger partial charge in [0.2, 0.25) is 11.8 Å². The fraction of sp³-hybridized carbons (Fsp3) is 0.684. The van der Waals surface area contributed by atoms with E-state index in [2.05, 4.69) is 10.6 Å². The van der Waals surface area contributed by atoms with Crippen LogP contribution < -0.4 is 10.6 Å². The van der Waals surface area contributed by atoms with Gasteiger partial charge < -0.3 is 10.6 Å². The van der Waals surface area contributed by atoms with Gasteiger partial charge >= 0.3 is 0 Å². The van der Waals surface area contributed by atoms with Crippen LogP contribution in [-0.2, 0) is 9.59 Å². The molecule has 0 unspecified atom stereocenters. The van der Waals surface area contributed by atoms with Crippen LogP contribution in [0.1, 0.15) is 70.6 Å². The van der Waals surface area contributed by atoms with Crippen LogP contribution in [0.15, 0.2) is 23.5 Å². The van der Waals surface area contributed by atoms with Crippen molar-refractivity contribution in [3.05, 3.63) is 23.5 Å². The predicted molar refractivity (Wildman–Crippen MR) is 90.2 cm³/mol. The SMILES string of the molecule is O=C(NC1=C(NC(=O)C2CCCCC2)CC=C1)C1CCCCC1. The van der Waals surface area contributed by atoms with Gasteiger partial charge in [0.05, 0.1) is 5.70 Å². The molecule has 0 heterocycles. The van der Waals surface area contributed by atoms with E-state index in [1.165, 1.54) is 12.8 Å². The van der Waals surface area contributed by atoms with Crippen LogP contribution >= 0.6 is 0 Å². The first-order valence-electron chi connectivity index (χ1n) is 9.25. The Morgan fingerprint density at radius 1 is 0.783 bits per heavy atom. The lowest BCUT2D eigenvalue weighted by molar-refractivity contribution is -0.126. The molecule has 23 heavy (non-hydrogen) atoms. The Morgan fingerprint density at radius 2 is 1.30 bits per heavy atom. The number of amides is 2. The van der Waals surface area contributed by atoms with E-state index in [-0.39, 0.29) is 23.7 Å².